The van der Waals surface area contributed by atoms with Crippen molar-refractivity contribution in [1.29, 1.82) is 0 Å². The van der Waals surface area contributed by atoms with Crippen molar-refractivity contribution < 1.29 is 8.42 Å². The molecule has 0 aromatic carbocycles. The second kappa shape index (κ2) is 8.08. The van der Waals surface area contributed by atoms with E-state index >= 15 is 0 Å². The zero-order valence-electron chi connectivity index (χ0n) is 13.4. The lowest BCUT2D eigenvalue weighted by atomic mass is 10.3. The van der Waals surface area contributed by atoms with Crippen molar-refractivity contribution in [1.82, 2.24) is 9.62 Å². The van der Waals surface area contributed by atoms with Gasteiger partial charge < -0.3 is 5.32 Å². The summed E-state index contributed by atoms with van der Waals surface area (Å²) < 4.78 is 26.9. The molecule has 0 fully saturated rings. The van der Waals surface area contributed by atoms with Crippen molar-refractivity contribution in [2.24, 2.45) is 0 Å². The SMILES string of the molecule is C=C(C)CN(CC)S(=O)(=O)c1cc(CNCCC)sc1C. The van der Waals surface area contributed by atoms with Crippen LogP contribution in [0, 0.1) is 6.92 Å². The fourth-order valence-electron chi connectivity index (χ4n) is 2.06. The van der Waals surface area contributed by atoms with Crippen LogP contribution in [0.5, 0.6) is 0 Å². The third kappa shape index (κ3) is 4.92. The maximum atomic E-state index is 12.7. The molecule has 1 heterocycles. The molecule has 0 saturated carbocycles. The first-order valence-electron chi connectivity index (χ1n) is 7.27. The molecular weight excluding hydrogens is 304 g/mol. The largest absolute Gasteiger partial charge is 0.312 e. The number of aryl methyl sites for hydroxylation is 1. The van der Waals surface area contributed by atoms with Crippen molar-refractivity contribution in [2.75, 3.05) is 19.6 Å². The van der Waals surface area contributed by atoms with E-state index in [0.717, 1.165) is 34.8 Å². The monoisotopic (exact) mass is 330 g/mol. The summed E-state index contributed by atoms with van der Waals surface area (Å²) in [6, 6.07) is 1.80. The van der Waals surface area contributed by atoms with Crippen LogP contribution < -0.4 is 5.32 Å². The molecule has 0 bridgehead atoms. The molecule has 0 aliphatic rings. The van der Waals surface area contributed by atoms with Crippen molar-refractivity contribution in [3.63, 3.8) is 0 Å². The number of nitrogens with zero attached hydrogens (tertiary/aromatic N) is 1. The zero-order valence-corrected chi connectivity index (χ0v) is 15.0. The van der Waals surface area contributed by atoms with Crippen molar-refractivity contribution in [2.45, 2.75) is 45.6 Å². The number of sulfonamides is 1. The van der Waals surface area contributed by atoms with Crippen LogP contribution in [0.2, 0.25) is 0 Å². The van der Waals surface area contributed by atoms with Gasteiger partial charge in [-0.3, -0.25) is 0 Å². The van der Waals surface area contributed by atoms with Gasteiger partial charge in [-0.25, -0.2) is 8.42 Å². The van der Waals surface area contributed by atoms with E-state index in [1.807, 2.05) is 20.8 Å². The van der Waals surface area contributed by atoms with E-state index in [2.05, 4.69) is 18.8 Å². The van der Waals surface area contributed by atoms with Crippen LogP contribution in [-0.4, -0.2) is 32.4 Å². The van der Waals surface area contributed by atoms with E-state index in [1.54, 1.807) is 17.4 Å². The summed E-state index contributed by atoms with van der Waals surface area (Å²) >= 11 is 1.55. The minimum absolute atomic E-state index is 0.373. The molecule has 1 N–H and O–H groups in total. The molecule has 0 aliphatic heterocycles. The fraction of sp³-hybridized carbons (Fsp3) is 0.600. The van der Waals surface area contributed by atoms with Gasteiger partial charge in [-0.15, -0.1) is 11.3 Å². The number of thiophene rings is 1. The molecular formula is C15H26N2O2S2. The van der Waals surface area contributed by atoms with Gasteiger partial charge in [0.05, 0.1) is 4.90 Å². The molecule has 0 radical (unpaired) electrons. The number of hydrogen-bond acceptors (Lipinski definition) is 4. The Kier molecular flexibility index (Phi) is 7.06. The van der Waals surface area contributed by atoms with E-state index < -0.39 is 10.0 Å². The molecule has 1 aromatic rings. The van der Waals surface area contributed by atoms with Crippen molar-refractivity contribution in [3.05, 3.63) is 28.0 Å². The van der Waals surface area contributed by atoms with Gasteiger partial charge in [0.25, 0.3) is 0 Å². The van der Waals surface area contributed by atoms with Crippen LogP contribution >= 0.6 is 11.3 Å². The molecule has 120 valence electrons. The number of likely N-dealkylation sites (N-methyl/N-ethyl adjacent to an activating group) is 1. The van der Waals surface area contributed by atoms with E-state index in [1.165, 1.54) is 4.31 Å². The molecule has 0 amide bonds. The summed E-state index contributed by atoms with van der Waals surface area (Å²) in [5.41, 5.74) is 0.846. The summed E-state index contributed by atoms with van der Waals surface area (Å²) in [5, 5.41) is 3.31. The van der Waals surface area contributed by atoms with Gasteiger partial charge in [-0.1, -0.05) is 26.0 Å². The lowest BCUT2D eigenvalue weighted by Gasteiger charge is -2.20. The summed E-state index contributed by atoms with van der Waals surface area (Å²) in [6.45, 7) is 14.0. The predicted octanol–water partition coefficient (Wildman–Crippen LogP) is 3.14. The normalized spacial score (nSPS) is 12.0. The highest BCUT2D eigenvalue weighted by atomic mass is 32.2. The molecule has 6 heteroatoms. The first kappa shape index (κ1) is 18.4. The Labute approximate surface area is 132 Å². The molecule has 0 saturated heterocycles. The summed E-state index contributed by atoms with van der Waals surface area (Å²) in [7, 11) is -3.43. The van der Waals surface area contributed by atoms with Gasteiger partial charge in [0, 0.05) is 29.4 Å². The average Bonchev–Trinajstić information content (AvgIpc) is 2.78. The van der Waals surface area contributed by atoms with Gasteiger partial charge in [-0.2, -0.15) is 4.31 Å². The van der Waals surface area contributed by atoms with Gasteiger partial charge >= 0.3 is 0 Å². The first-order valence-corrected chi connectivity index (χ1v) is 9.53. The lowest BCUT2D eigenvalue weighted by Crippen LogP contribution is -2.32. The van der Waals surface area contributed by atoms with Crippen molar-refractivity contribution in [3.8, 4) is 0 Å². The van der Waals surface area contributed by atoms with Crippen LogP contribution in [0.15, 0.2) is 23.1 Å². The first-order chi connectivity index (χ1) is 9.82. The van der Waals surface area contributed by atoms with Crippen LogP contribution in [-0.2, 0) is 16.6 Å². The summed E-state index contributed by atoms with van der Waals surface area (Å²) in [6.07, 6.45) is 1.07. The van der Waals surface area contributed by atoms with Gasteiger partial charge in [0.2, 0.25) is 10.0 Å². The van der Waals surface area contributed by atoms with E-state index in [4.69, 9.17) is 0 Å². The topological polar surface area (TPSA) is 49.4 Å². The second-order valence-electron chi connectivity index (χ2n) is 5.20. The van der Waals surface area contributed by atoms with Gasteiger partial charge in [-0.05, 0) is 32.9 Å². The molecule has 0 aliphatic carbocycles. The molecule has 21 heavy (non-hydrogen) atoms. The van der Waals surface area contributed by atoms with Crippen LogP contribution in [0.1, 0.15) is 36.9 Å². The Morgan fingerprint density at radius 3 is 2.62 bits per heavy atom. The fourth-order valence-corrected chi connectivity index (χ4v) is 5.14. The van der Waals surface area contributed by atoms with E-state index in [0.29, 0.717) is 18.0 Å². The highest BCUT2D eigenvalue weighted by Gasteiger charge is 2.26. The number of hydrogen-bond donors (Lipinski definition) is 1. The van der Waals surface area contributed by atoms with Crippen LogP contribution in [0.4, 0.5) is 0 Å². The molecule has 0 spiro atoms. The molecule has 1 rings (SSSR count). The smallest absolute Gasteiger partial charge is 0.244 e. The highest BCUT2D eigenvalue weighted by molar-refractivity contribution is 7.89. The standard InChI is InChI=1S/C15H26N2O2S2/c1-6-8-16-10-14-9-15(13(5)20-14)21(18,19)17(7-2)11-12(3)4/h9,16H,3,6-8,10-11H2,1-2,4-5H3. The third-order valence-corrected chi connectivity index (χ3v) is 6.29. The summed E-state index contributed by atoms with van der Waals surface area (Å²) in [5.74, 6) is 0. The number of nitrogens with one attached hydrogen (secondary N) is 1. The quantitative estimate of drug-likeness (QED) is 0.559. The summed E-state index contributed by atoms with van der Waals surface area (Å²) in [4.78, 5) is 2.35. The van der Waals surface area contributed by atoms with Gasteiger partial charge in [0.15, 0.2) is 0 Å². The Balaban J connectivity index is 2.99. The number of rotatable bonds is 9. The van der Waals surface area contributed by atoms with Crippen LogP contribution in [0.3, 0.4) is 0 Å². The Hall–Kier alpha value is -0.690. The second-order valence-corrected chi connectivity index (χ2v) is 8.45. The third-order valence-electron chi connectivity index (χ3n) is 3.07. The lowest BCUT2D eigenvalue weighted by molar-refractivity contribution is 0.452. The van der Waals surface area contributed by atoms with Crippen LogP contribution in [0.25, 0.3) is 0 Å². The van der Waals surface area contributed by atoms with E-state index in [-0.39, 0.29) is 0 Å². The molecule has 0 atom stereocenters. The average molecular weight is 331 g/mol. The molecule has 1 aromatic heterocycles. The maximum absolute atomic E-state index is 12.7. The minimum atomic E-state index is -3.43. The predicted molar refractivity (Wildman–Crippen MR) is 90.3 cm³/mol. The van der Waals surface area contributed by atoms with Gasteiger partial charge in [0.1, 0.15) is 0 Å². The zero-order chi connectivity index (χ0) is 16.0. The van der Waals surface area contributed by atoms with Crippen molar-refractivity contribution >= 4 is 21.4 Å². The Morgan fingerprint density at radius 2 is 2.10 bits per heavy atom. The molecule has 0 unspecified atom stereocenters. The maximum Gasteiger partial charge on any atom is 0.244 e. The Morgan fingerprint density at radius 1 is 1.43 bits per heavy atom. The highest BCUT2D eigenvalue weighted by Crippen LogP contribution is 2.28. The molecule has 4 nitrogen and oxygen atoms in total. The Bertz CT molecular complexity index is 576. The minimum Gasteiger partial charge on any atom is -0.312 e. The van der Waals surface area contributed by atoms with E-state index in [9.17, 15) is 8.42 Å².